The van der Waals surface area contributed by atoms with Crippen molar-refractivity contribution in [3.8, 4) is 11.5 Å². The van der Waals surface area contributed by atoms with Crippen molar-refractivity contribution >= 4 is 11.6 Å². The molecule has 0 bridgehead atoms. The zero-order chi connectivity index (χ0) is 18.8. The van der Waals surface area contributed by atoms with Gasteiger partial charge in [-0.1, -0.05) is 12.1 Å². The van der Waals surface area contributed by atoms with Crippen molar-refractivity contribution in [1.29, 1.82) is 0 Å². The molecule has 0 radical (unpaired) electrons. The van der Waals surface area contributed by atoms with Crippen LogP contribution < -0.4 is 5.32 Å². The highest BCUT2D eigenvalue weighted by atomic mass is 16.3. The zero-order valence-corrected chi connectivity index (χ0v) is 15.8. The predicted molar refractivity (Wildman–Crippen MR) is 102 cm³/mol. The molecule has 3 aromatic rings. The summed E-state index contributed by atoms with van der Waals surface area (Å²) in [5, 5.41) is 7.37. The van der Waals surface area contributed by atoms with E-state index >= 15 is 0 Å². The fraction of sp³-hybridized carbons (Fsp3) is 0.300. The summed E-state index contributed by atoms with van der Waals surface area (Å²) in [6.07, 6.45) is 1.71. The van der Waals surface area contributed by atoms with Gasteiger partial charge in [-0.05, 0) is 57.3 Å². The smallest absolute Gasteiger partial charge is 0.259 e. The summed E-state index contributed by atoms with van der Waals surface area (Å²) >= 11 is 0. The molecule has 1 aromatic carbocycles. The first kappa shape index (κ1) is 17.9. The normalized spacial score (nSPS) is 11.2. The maximum atomic E-state index is 12.8. The van der Waals surface area contributed by atoms with E-state index in [9.17, 15) is 4.79 Å². The minimum absolute atomic E-state index is 0.203. The highest BCUT2D eigenvalue weighted by Gasteiger charge is 2.20. The van der Waals surface area contributed by atoms with Gasteiger partial charge in [-0.25, -0.2) is 0 Å². The first-order valence-corrected chi connectivity index (χ1v) is 8.49. The Morgan fingerprint density at radius 1 is 1.23 bits per heavy atom. The molecule has 0 saturated carbocycles. The Bertz CT molecular complexity index is 937. The molecule has 6 heteroatoms. The van der Waals surface area contributed by atoms with Gasteiger partial charge < -0.3 is 14.6 Å². The molecule has 26 heavy (non-hydrogen) atoms. The number of carbonyl (C=O) groups is 1. The lowest BCUT2D eigenvalue weighted by atomic mass is 10.1. The fourth-order valence-corrected chi connectivity index (χ4v) is 2.92. The van der Waals surface area contributed by atoms with Crippen LogP contribution in [0.2, 0.25) is 0 Å². The summed E-state index contributed by atoms with van der Waals surface area (Å²) in [6.45, 7) is 4.72. The number of nitrogens with one attached hydrogen (secondary N) is 1. The molecule has 1 N–H and O–H groups in total. The topological polar surface area (TPSA) is 63.3 Å². The molecule has 0 atom stereocenters. The quantitative estimate of drug-likeness (QED) is 0.762. The second kappa shape index (κ2) is 7.17. The molecule has 136 valence electrons. The fourth-order valence-electron chi connectivity index (χ4n) is 2.92. The van der Waals surface area contributed by atoms with Crippen molar-refractivity contribution in [1.82, 2.24) is 14.7 Å². The highest BCUT2D eigenvalue weighted by Crippen LogP contribution is 2.25. The van der Waals surface area contributed by atoms with Crippen LogP contribution in [0.15, 0.2) is 40.9 Å². The molecule has 1 amide bonds. The zero-order valence-electron chi connectivity index (χ0n) is 15.8. The maximum Gasteiger partial charge on any atom is 0.259 e. The average molecular weight is 352 g/mol. The minimum atomic E-state index is -0.203. The molecule has 2 aromatic heterocycles. The number of furan rings is 1. The van der Waals surface area contributed by atoms with Gasteiger partial charge in [0.25, 0.3) is 5.91 Å². The molecule has 0 aliphatic heterocycles. The van der Waals surface area contributed by atoms with Crippen molar-refractivity contribution in [2.45, 2.75) is 20.4 Å². The molecule has 0 aliphatic carbocycles. The molecule has 0 fully saturated rings. The highest BCUT2D eigenvalue weighted by molar-refractivity contribution is 6.08. The summed E-state index contributed by atoms with van der Waals surface area (Å²) in [6, 6.07) is 9.76. The first-order valence-electron chi connectivity index (χ1n) is 8.49. The Kier molecular flexibility index (Phi) is 4.95. The number of aryl methyl sites for hydroxylation is 3. The Morgan fingerprint density at radius 3 is 2.62 bits per heavy atom. The van der Waals surface area contributed by atoms with Gasteiger partial charge >= 0.3 is 0 Å². The first-order chi connectivity index (χ1) is 12.3. The molecule has 6 nitrogen and oxygen atoms in total. The van der Waals surface area contributed by atoms with Crippen molar-refractivity contribution < 1.29 is 9.21 Å². The predicted octanol–water partition coefficient (Wildman–Crippen LogP) is 3.61. The van der Waals surface area contributed by atoms with E-state index in [-0.39, 0.29) is 5.91 Å². The number of carbonyl (C=O) groups excluding carboxylic acids is 1. The third kappa shape index (κ3) is 3.86. The summed E-state index contributed by atoms with van der Waals surface area (Å²) in [5.74, 6) is 1.17. The summed E-state index contributed by atoms with van der Waals surface area (Å²) in [7, 11) is 5.86. The second-order valence-corrected chi connectivity index (χ2v) is 6.82. The Morgan fingerprint density at radius 2 is 2.00 bits per heavy atom. The van der Waals surface area contributed by atoms with Crippen LogP contribution in [0.25, 0.3) is 11.5 Å². The molecule has 3 rings (SSSR count). The van der Waals surface area contributed by atoms with Crippen molar-refractivity contribution in [2.24, 2.45) is 7.05 Å². The standard InChI is InChI=1S/C20H24N4O2/c1-13-10-15(11-23(3)4)7-8-17(13)21-20(25)16-12-24(5)22-19(16)18-9-6-14(2)26-18/h6-10,12H,11H2,1-5H3,(H,21,25). The van der Waals surface area contributed by atoms with E-state index < -0.39 is 0 Å². The van der Waals surface area contributed by atoms with E-state index in [1.807, 2.05) is 52.2 Å². The van der Waals surface area contributed by atoms with Gasteiger partial charge in [0, 0.05) is 25.5 Å². The van der Waals surface area contributed by atoms with Gasteiger partial charge in [-0.15, -0.1) is 0 Å². The van der Waals surface area contributed by atoms with Crippen LogP contribution in [0.1, 0.15) is 27.2 Å². The Balaban J connectivity index is 1.85. The van der Waals surface area contributed by atoms with E-state index in [0.29, 0.717) is 17.0 Å². The van der Waals surface area contributed by atoms with Crippen molar-refractivity contribution in [3.05, 3.63) is 59.0 Å². The van der Waals surface area contributed by atoms with E-state index in [0.717, 1.165) is 23.6 Å². The number of aromatic nitrogens is 2. The van der Waals surface area contributed by atoms with Gasteiger partial charge in [0.15, 0.2) is 5.76 Å². The number of hydrogen-bond donors (Lipinski definition) is 1. The average Bonchev–Trinajstić information content (AvgIpc) is 3.15. The maximum absolute atomic E-state index is 12.8. The van der Waals surface area contributed by atoms with Crippen LogP contribution >= 0.6 is 0 Å². The van der Waals surface area contributed by atoms with Crippen molar-refractivity contribution in [2.75, 3.05) is 19.4 Å². The van der Waals surface area contributed by atoms with E-state index in [2.05, 4.69) is 21.4 Å². The van der Waals surface area contributed by atoms with Crippen LogP contribution in [-0.4, -0.2) is 34.7 Å². The molecule has 0 spiro atoms. The molecule has 2 heterocycles. The lowest BCUT2D eigenvalue weighted by Gasteiger charge is -2.13. The minimum Gasteiger partial charge on any atom is -0.460 e. The van der Waals surface area contributed by atoms with Gasteiger partial charge in [0.1, 0.15) is 11.5 Å². The number of hydrogen-bond acceptors (Lipinski definition) is 4. The van der Waals surface area contributed by atoms with Crippen molar-refractivity contribution in [3.63, 3.8) is 0 Å². The third-order valence-corrected chi connectivity index (χ3v) is 4.08. The van der Waals surface area contributed by atoms with Gasteiger partial charge in [-0.3, -0.25) is 9.48 Å². The van der Waals surface area contributed by atoms with Crippen LogP contribution in [0.4, 0.5) is 5.69 Å². The Hall–Kier alpha value is -2.86. The summed E-state index contributed by atoms with van der Waals surface area (Å²) < 4.78 is 7.26. The summed E-state index contributed by atoms with van der Waals surface area (Å²) in [5.41, 5.74) is 4.05. The van der Waals surface area contributed by atoms with Gasteiger partial charge in [0.2, 0.25) is 0 Å². The molecule has 0 saturated heterocycles. The monoisotopic (exact) mass is 352 g/mol. The summed E-state index contributed by atoms with van der Waals surface area (Å²) in [4.78, 5) is 14.9. The van der Waals surface area contributed by atoms with Crippen LogP contribution in [0, 0.1) is 13.8 Å². The number of anilines is 1. The molecular weight excluding hydrogens is 328 g/mol. The largest absolute Gasteiger partial charge is 0.460 e. The lowest BCUT2D eigenvalue weighted by molar-refractivity contribution is 0.102. The third-order valence-electron chi connectivity index (χ3n) is 4.08. The number of rotatable bonds is 5. The van der Waals surface area contributed by atoms with E-state index in [4.69, 9.17) is 4.42 Å². The van der Waals surface area contributed by atoms with Crippen LogP contribution in [-0.2, 0) is 13.6 Å². The van der Waals surface area contributed by atoms with E-state index in [1.165, 1.54) is 5.56 Å². The molecule has 0 unspecified atom stereocenters. The van der Waals surface area contributed by atoms with E-state index in [1.54, 1.807) is 17.9 Å². The Labute approximate surface area is 153 Å². The number of benzene rings is 1. The van der Waals surface area contributed by atoms with Crippen LogP contribution in [0.5, 0.6) is 0 Å². The molecule has 0 aliphatic rings. The van der Waals surface area contributed by atoms with Gasteiger partial charge in [0.05, 0.1) is 5.56 Å². The lowest BCUT2D eigenvalue weighted by Crippen LogP contribution is -2.14. The van der Waals surface area contributed by atoms with Gasteiger partial charge in [-0.2, -0.15) is 5.10 Å². The number of amides is 1. The molecular formula is C20H24N4O2. The second-order valence-electron chi connectivity index (χ2n) is 6.82. The SMILES string of the molecule is Cc1ccc(-c2nn(C)cc2C(=O)Nc2ccc(CN(C)C)cc2C)o1. The van der Waals surface area contributed by atoms with Crippen LogP contribution in [0.3, 0.4) is 0 Å². The number of nitrogens with zero attached hydrogens (tertiary/aromatic N) is 3.